The molecule has 2 N–H and O–H groups in total. The molecular formula is C23H28NO. The molecule has 0 spiro atoms. The summed E-state index contributed by atoms with van der Waals surface area (Å²) >= 11 is 0. The summed E-state index contributed by atoms with van der Waals surface area (Å²) in [6.45, 7) is 6.92. The molecule has 2 heteroatoms. The van der Waals surface area contributed by atoms with Gasteiger partial charge in [-0.2, -0.15) is 0 Å². The molecule has 1 unspecified atom stereocenters. The number of aromatic hydroxyl groups is 1. The fourth-order valence-electron chi connectivity index (χ4n) is 3.83. The summed E-state index contributed by atoms with van der Waals surface area (Å²) in [4.78, 5) is 3.50. The molecule has 0 aliphatic rings. The zero-order valence-electron chi connectivity index (χ0n) is 15.5. The van der Waals surface area contributed by atoms with E-state index in [9.17, 15) is 5.11 Å². The summed E-state index contributed by atoms with van der Waals surface area (Å²) in [5.74, 6) is 1.87. The zero-order chi connectivity index (χ0) is 17.9. The lowest BCUT2D eigenvalue weighted by Gasteiger charge is -2.35. The second-order valence-corrected chi connectivity index (χ2v) is 7.46. The number of phenols is 1. The molecule has 0 saturated carbocycles. The summed E-state index contributed by atoms with van der Waals surface area (Å²) in [7, 11) is 0. The number of phenolic OH excluding ortho intramolecular Hbond substituents is 1. The van der Waals surface area contributed by atoms with E-state index in [1.54, 1.807) is 6.07 Å². The Labute approximate surface area is 150 Å². The van der Waals surface area contributed by atoms with E-state index in [0.29, 0.717) is 5.75 Å². The topological polar surface area (TPSA) is 36.0 Å². The quantitative estimate of drug-likeness (QED) is 0.541. The molecule has 0 saturated heterocycles. The maximum Gasteiger partial charge on any atom is 0.124 e. The molecular weight excluding hydrogens is 306 g/mol. The van der Waals surface area contributed by atoms with Crippen molar-refractivity contribution in [3.63, 3.8) is 0 Å². The van der Waals surface area contributed by atoms with Gasteiger partial charge in [-0.25, -0.2) is 0 Å². The van der Waals surface area contributed by atoms with Gasteiger partial charge in [-0.05, 0) is 54.4 Å². The third-order valence-corrected chi connectivity index (χ3v) is 5.42. The van der Waals surface area contributed by atoms with E-state index in [-0.39, 0.29) is 5.41 Å². The van der Waals surface area contributed by atoms with Gasteiger partial charge >= 0.3 is 0 Å². The van der Waals surface area contributed by atoms with Crippen LogP contribution in [0.25, 0.3) is 10.9 Å². The number of rotatable bonds is 7. The number of benzene rings is 2. The van der Waals surface area contributed by atoms with Crippen LogP contribution in [0.5, 0.6) is 5.75 Å². The molecule has 1 heterocycles. The summed E-state index contributed by atoms with van der Waals surface area (Å²) in [6.07, 6.45) is 4.30. The van der Waals surface area contributed by atoms with Crippen LogP contribution in [-0.4, -0.2) is 10.1 Å². The highest BCUT2D eigenvalue weighted by atomic mass is 16.3. The molecule has 131 valence electrons. The first-order valence-electron chi connectivity index (χ1n) is 9.18. The molecule has 2 aromatic carbocycles. The number of hydrogen-bond acceptors (Lipinski definition) is 1. The standard InChI is InChI=1S/C23H28NO/c1-4-13-23(3,17(2)14-18-9-6-5-7-10-18)16-19-15-20-21(24-19)11-8-12-22(20)25/h5-12,15,24-25H,4,13-14,16H2,1-3H3. The van der Waals surface area contributed by atoms with E-state index in [1.165, 1.54) is 17.2 Å². The number of aromatic nitrogens is 1. The fraction of sp³-hybridized carbons (Fsp3) is 0.348. The molecule has 0 bridgehead atoms. The average Bonchev–Trinajstić information content (AvgIpc) is 2.99. The van der Waals surface area contributed by atoms with Crippen molar-refractivity contribution >= 4 is 10.9 Å². The van der Waals surface area contributed by atoms with Crippen molar-refractivity contribution in [3.8, 4) is 5.75 Å². The smallest absolute Gasteiger partial charge is 0.124 e. The van der Waals surface area contributed by atoms with Gasteiger partial charge in [0.1, 0.15) is 5.75 Å². The highest BCUT2D eigenvalue weighted by Crippen LogP contribution is 2.40. The Kier molecular flexibility index (Phi) is 5.17. The number of hydrogen-bond donors (Lipinski definition) is 2. The van der Waals surface area contributed by atoms with Gasteiger partial charge in [0.25, 0.3) is 0 Å². The van der Waals surface area contributed by atoms with Gasteiger partial charge in [0.2, 0.25) is 0 Å². The molecule has 0 fully saturated rings. The Morgan fingerprint density at radius 2 is 1.84 bits per heavy atom. The van der Waals surface area contributed by atoms with E-state index in [4.69, 9.17) is 0 Å². The van der Waals surface area contributed by atoms with Crippen LogP contribution >= 0.6 is 0 Å². The van der Waals surface area contributed by atoms with E-state index < -0.39 is 0 Å². The lowest BCUT2D eigenvalue weighted by molar-refractivity contribution is 0.300. The van der Waals surface area contributed by atoms with Crippen molar-refractivity contribution in [2.75, 3.05) is 0 Å². The van der Waals surface area contributed by atoms with E-state index in [2.05, 4.69) is 62.2 Å². The third-order valence-electron chi connectivity index (χ3n) is 5.42. The summed E-state index contributed by atoms with van der Waals surface area (Å²) in [5.41, 5.74) is 3.72. The zero-order valence-corrected chi connectivity index (χ0v) is 15.5. The summed E-state index contributed by atoms with van der Waals surface area (Å²) < 4.78 is 0. The maximum absolute atomic E-state index is 10.1. The minimum atomic E-state index is 0.140. The van der Waals surface area contributed by atoms with Crippen LogP contribution in [0.2, 0.25) is 0 Å². The third kappa shape index (κ3) is 3.89. The minimum absolute atomic E-state index is 0.140. The Hall–Kier alpha value is -2.22. The first-order chi connectivity index (χ1) is 12.0. The van der Waals surface area contributed by atoms with Crippen LogP contribution in [0, 0.1) is 11.3 Å². The van der Waals surface area contributed by atoms with Crippen LogP contribution in [-0.2, 0) is 12.8 Å². The Balaban J connectivity index is 1.84. The van der Waals surface area contributed by atoms with Gasteiger partial charge in [-0.15, -0.1) is 0 Å². The van der Waals surface area contributed by atoms with Crippen molar-refractivity contribution in [2.45, 2.75) is 46.5 Å². The van der Waals surface area contributed by atoms with Crippen molar-refractivity contribution in [2.24, 2.45) is 5.41 Å². The van der Waals surface area contributed by atoms with Gasteiger partial charge in [0.05, 0.1) is 0 Å². The second-order valence-electron chi connectivity index (χ2n) is 7.46. The molecule has 1 atom stereocenters. The monoisotopic (exact) mass is 334 g/mol. The predicted octanol–water partition coefficient (Wildman–Crippen LogP) is 6.06. The largest absolute Gasteiger partial charge is 0.507 e. The molecule has 3 rings (SSSR count). The Morgan fingerprint density at radius 3 is 2.52 bits per heavy atom. The maximum atomic E-state index is 10.1. The highest BCUT2D eigenvalue weighted by molar-refractivity contribution is 5.86. The van der Waals surface area contributed by atoms with Gasteiger partial charge < -0.3 is 10.1 Å². The molecule has 0 amide bonds. The van der Waals surface area contributed by atoms with Gasteiger partial charge in [-0.3, -0.25) is 0 Å². The number of aromatic amines is 1. The number of fused-ring (bicyclic) bond motifs is 1. The molecule has 2 nitrogen and oxygen atoms in total. The first-order valence-corrected chi connectivity index (χ1v) is 9.18. The summed E-state index contributed by atoms with van der Waals surface area (Å²) in [6, 6.07) is 18.5. The molecule has 25 heavy (non-hydrogen) atoms. The molecule has 3 aromatic rings. The van der Waals surface area contributed by atoms with Crippen molar-refractivity contribution in [1.82, 2.24) is 4.98 Å². The van der Waals surface area contributed by atoms with E-state index in [0.717, 1.165) is 36.6 Å². The van der Waals surface area contributed by atoms with Crippen molar-refractivity contribution < 1.29 is 5.11 Å². The van der Waals surface area contributed by atoms with Crippen molar-refractivity contribution in [1.29, 1.82) is 0 Å². The lowest BCUT2D eigenvalue weighted by atomic mass is 9.69. The number of H-pyrrole nitrogens is 1. The van der Waals surface area contributed by atoms with Crippen LogP contribution in [0.1, 0.15) is 44.9 Å². The van der Waals surface area contributed by atoms with E-state index in [1.807, 2.05) is 12.1 Å². The van der Waals surface area contributed by atoms with E-state index >= 15 is 0 Å². The number of nitrogens with one attached hydrogen (secondary N) is 1. The van der Waals surface area contributed by atoms with Gasteiger partial charge in [-0.1, -0.05) is 63.6 Å². The first kappa shape index (κ1) is 17.6. The average molecular weight is 334 g/mol. The normalized spacial score (nSPS) is 14.1. The minimum Gasteiger partial charge on any atom is -0.507 e. The fourth-order valence-corrected chi connectivity index (χ4v) is 3.83. The second kappa shape index (κ2) is 7.35. The Bertz CT molecular complexity index is 820. The Morgan fingerprint density at radius 1 is 1.08 bits per heavy atom. The lowest BCUT2D eigenvalue weighted by Crippen LogP contribution is -2.28. The van der Waals surface area contributed by atoms with Crippen LogP contribution in [0.3, 0.4) is 0 Å². The van der Waals surface area contributed by atoms with Gasteiger partial charge in [0, 0.05) is 16.6 Å². The molecule has 1 aromatic heterocycles. The van der Waals surface area contributed by atoms with Crippen molar-refractivity contribution in [3.05, 3.63) is 71.8 Å². The summed E-state index contributed by atoms with van der Waals surface area (Å²) in [5, 5.41) is 11.0. The van der Waals surface area contributed by atoms with Crippen LogP contribution in [0.15, 0.2) is 54.6 Å². The van der Waals surface area contributed by atoms with Crippen LogP contribution < -0.4 is 0 Å². The SMILES string of the molecule is CCCC(C)(Cc1cc2c(O)cccc2[nH]1)[C](C)Cc1ccccc1. The molecule has 0 aliphatic heterocycles. The highest BCUT2D eigenvalue weighted by Gasteiger charge is 2.31. The molecule has 1 radical (unpaired) electrons. The van der Waals surface area contributed by atoms with Gasteiger partial charge in [0.15, 0.2) is 0 Å². The molecule has 0 aliphatic carbocycles. The predicted molar refractivity (Wildman–Crippen MR) is 106 cm³/mol. The van der Waals surface area contributed by atoms with Crippen LogP contribution in [0.4, 0.5) is 0 Å².